The number of nitrogens with zero attached hydrogens (tertiary/aromatic N) is 1. The zero-order valence-electron chi connectivity index (χ0n) is 7.44. The highest BCUT2D eigenvalue weighted by Crippen LogP contribution is 2.65. The fraction of sp³-hybridized carbons (Fsp3) is 0. The molecule has 0 atom stereocenters. The van der Waals surface area contributed by atoms with Crippen molar-refractivity contribution in [2.75, 3.05) is 4.72 Å². The lowest BCUT2D eigenvalue weighted by atomic mass is 10.3. The van der Waals surface area contributed by atoms with Crippen LogP contribution in [-0.4, -0.2) is 8.42 Å². The first-order chi connectivity index (χ1) is 7.18. The molecule has 1 rings (SSSR count). The molecule has 0 unspecified atom stereocenters. The van der Waals surface area contributed by atoms with Crippen molar-refractivity contribution >= 4 is 66.3 Å². The normalized spacial score (nSPS) is 12.2. The molecular formula is C6H5Cl4N2O2PS. The van der Waals surface area contributed by atoms with Crippen LogP contribution in [0, 0.1) is 0 Å². The highest BCUT2D eigenvalue weighted by atomic mass is 36.0. The van der Waals surface area contributed by atoms with Crippen molar-refractivity contribution in [3.63, 3.8) is 0 Å². The maximum absolute atomic E-state index is 11.4. The summed E-state index contributed by atoms with van der Waals surface area (Å²) in [5.74, 6) is 0. The highest BCUT2D eigenvalue weighted by Gasteiger charge is 2.15. The van der Waals surface area contributed by atoms with Crippen molar-refractivity contribution in [3.8, 4) is 0 Å². The number of anilines is 1. The number of halogens is 4. The third kappa shape index (κ3) is 5.62. The van der Waals surface area contributed by atoms with E-state index in [1.807, 2.05) is 0 Å². The molecule has 1 aromatic carbocycles. The molecule has 0 radical (unpaired) electrons. The molecule has 0 aromatic heterocycles. The number of benzene rings is 1. The second-order valence-corrected chi connectivity index (χ2v) is 11.6. The van der Waals surface area contributed by atoms with E-state index in [1.54, 1.807) is 0 Å². The lowest BCUT2D eigenvalue weighted by molar-refractivity contribution is 0.603. The van der Waals surface area contributed by atoms with E-state index in [0.29, 0.717) is 5.02 Å². The summed E-state index contributed by atoms with van der Waals surface area (Å²) < 4.78 is 27.9. The van der Waals surface area contributed by atoms with Crippen LogP contribution in [-0.2, 0) is 10.2 Å². The molecule has 0 fully saturated rings. The van der Waals surface area contributed by atoms with Crippen molar-refractivity contribution in [2.24, 2.45) is 4.15 Å². The Labute approximate surface area is 112 Å². The predicted octanol–water partition coefficient (Wildman–Crippen LogP) is 4.66. The van der Waals surface area contributed by atoms with E-state index in [1.165, 1.54) is 24.3 Å². The van der Waals surface area contributed by atoms with Crippen molar-refractivity contribution in [2.45, 2.75) is 0 Å². The molecule has 10 heteroatoms. The van der Waals surface area contributed by atoms with E-state index < -0.39 is 15.3 Å². The second-order valence-electron chi connectivity index (χ2n) is 2.58. The summed E-state index contributed by atoms with van der Waals surface area (Å²) >= 11 is 21.7. The maximum Gasteiger partial charge on any atom is 0.344 e. The van der Waals surface area contributed by atoms with E-state index in [2.05, 4.69) is 8.87 Å². The smallest absolute Gasteiger partial charge is 0.265 e. The molecule has 1 aromatic rings. The Morgan fingerprint density at radius 1 is 1.12 bits per heavy atom. The van der Waals surface area contributed by atoms with Crippen molar-refractivity contribution in [3.05, 3.63) is 29.3 Å². The minimum absolute atomic E-state index is 0.284. The van der Waals surface area contributed by atoms with Crippen molar-refractivity contribution < 1.29 is 8.42 Å². The van der Waals surface area contributed by atoms with Crippen LogP contribution in [0.15, 0.2) is 28.4 Å². The molecule has 0 spiro atoms. The predicted molar refractivity (Wildman–Crippen MR) is 70.9 cm³/mol. The molecule has 0 aliphatic rings. The molecule has 0 heterocycles. The molecule has 0 aliphatic carbocycles. The van der Waals surface area contributed by atoms with Gasteiger partial charge in [-0.05, 0) is 58.0 Å². The number of hydrogen-bond donors (Lipinski definition) is 1. The van der Waals surface area contributed by atoms with Gasteiger partial charge in [-0.15, -0.1) is 4.15 Å². The van der Waals surface area contributed by atoms with Crippen LogP contribution in [0.4, 0.5) is 5.69 Å². The van der Waals surface area contributed by atoms with Gasteiger partial charge in [0.25, 0.3) is 0 Å². The summed E-state index contributed by atoms with van der Waals surface area (Å²) in [6.45, 7) is 0. The fourth-order valence-corrected chi connectivity index (χ4v) is 4.70. The topological polar surface area (TPSA) is 58.5 Å². The maximum atomic E-state index is 11.4. The van der Waals surface area contributed by atoms with E-state index >= 15 is 0 Å². The van der Waals surface area contributed by atoms with Crippen LogP contribution in [0.25, 0.3) is 0 Å². The molecular weight excluding hydrogens is 337 g/mol. The minimum Gasteiger partial charge on any atom is -0.265 e. The molecule has 4 nitrogen and oxygen atoms in total. The van der Waals surface area contributed by atoms with Gasteiger partial charge >= 0.3 is 10.2 Å². The molecule has 0 saturated heterocycles. The quantitative estimate of drug-likeness (QED) is 0.813. The minimum atomic E-state index is -4.02. The molecule has 0 amide bonds. The van der Waals surface area contributed by atoms with Gasteiger partial charge in [-0.1, -0.05) is 11.6 Å². The summed E-state index contributed by atoms with van der Waals surface area (Å²) in [5.41, 5.74) is 0.284. The lowest BCUT2D eigenvalue weighted by Gasteiger charge is -2.04. The van der Waals surface area contributed by atoms with Crippen molar-refractivity contribution in [1.82, 2.24) is 0 Å². The first-order valence-electron chi connectivity index (χ1n) is 3.69. The highest BCUT2D eigenvalue weighted by molar-refractivity contribution is 8.28. The van der Waals surface area contributed by atoms with Crippen LogP contribution >= 0.6 is 50.4 Å². The number of nitrogens with one attached hydrogen (secondary N) is 1. The third-order valence-electron chi connectivity index (χ3n) is 1.29. The Bertz CT molecular complexity index is 516. The van der Waals surface area contributed by atoms with Crippen LogP contribution in [0.1, 0.15) is 0 Å². The summed E-state index contributed by atoms with van der Waals surface area (Å²) in [6, 6.07) is 5.96. The summed E-state index contributed by atoms with van der Waals surface area (Å²) in [6.07, 6.45) is 0. The molecule has 16 heavy (non-hydrogen) atoms. The zero-order valence-corrected chi connectivity index (χ0v) is 12.2. The van der Waals surface area contributed by atoms with Gasteiger partial charge < -0.3 is 0 Å². The monoisotopic (exact) mass is 340 g/mol. The molecule has 1 N–H and O–H groups in total. The Kier molecular flexibility index (Phi) is 4.81. The van der Waals surface area contributed by atoms with E-state index in [4.69, 9.17) is 45.3 Å². The SMILES string of the molecule is O=S(=O)(N=P(Cl)(Cl)Cl)Nc1ccc(Cl)cc1. The molecule has 0 saturated carbocycles. The lowest BCUT2D eigenvalue weighted by Crippen LogP contribution is -2.07. The molecule has 0 aliphatic heterocycles. The summed E-state index contributed by atoms with van der Waals surface area (Å²) in [5, 5.41) is -2.84. The van der Waals surface area contributed by atoms with Gasteiger partial charge in [0, 0.05) is 5.02 Å². The number of rotatable bonds is 3. The standard InChI is InChI=1S/C6H5Cl4N2O2PS/c7-5-1-3-6(4-2-5)11-16(13,14)12-15(8,9)10/h1-4,11H. The van der Waals surface area contributed by atoms with Gasteiger partial charge in [-0.2, -0.15) is 8.42 Å². The Hall–Kier alpha value is 0.360. The van der Waals surface area contributed by atoms with Crippen LogP contribution in [0.3, 0.4) is 0 Å². The fourth-order valence-electron chi connectivity index (χ4n) is 0.809. The zero-order chi connectivity index (χ0) is 12.4. The van der Waals surface area contributed by atoms with Gasteiger partial charge in [0.2, 0.25) is 5.11 Å². The second kappa shape index (κ2) is 5.34. The van der Waals surface area contributed by atoms with Crippen LogP contribution in [0.2, 0.25) is 5.02 Å². The first kappa shape index (κ1) is 14.4. The Balaban J connectivity index is 2.94. The van der Waals surface area contributed by atoms with E-state index in [9.17, 15) is 8.42 Å². The van der Waals surface area contributed by atoms with Crippen LogP contribution in [0.5, 0.6) is 0 Å². The largest absolute Gasteiger partial charge is 0.344 e. The van der Waals surface area contributed by atoms with Gasteiger partial charge in [-0.3, -0.25) is 4.72 Å². The van der Waals surface area contributed by atoms with E-state index in [-0.39, 0.29) is 5.69 Å². The van der Waals surface area contributed by atoms with Gasteiger partial charge in [-0.25, -0.2) is 0 Å². The van der Waals surface area contributed by atoms with Crippen molar-refractivity contribution in [1.29, 1.82) is 0 Å². The van der Waals surface area contributed by atoms with Gasteiger partial charge in [0.05, 0.1) is 5.69 Å². The molecule has 90 valence electrons. The first-order valence-corrected chi connectivity index (χ1v) is 9.96. The third-order valence-corrected chi connectivity index (χ3v) is 5.30. The Morgan fingerprint density at radius 2 is 1.62 bits per heavy atom. The Morgan fingerprint density at radius 3 is 2.06 bits per heavy atom. The average molecular weight is 342 g/mol. The van der Waals surface area contributed by atoms with Crippen LogP contribution < -0.4 is 4.72 Å². The number of hydrogen-bond acceptors (Lipinski definition) is 2. The van der Waals surface area contributed by atoms with Gasteiger partial charge in [0.1, 0.15) is 0 Å². The summed E-state index contributed by atoms with van der Waals surface area (Å²) in [4.78, 5) is 0. The van der Waals surface area contributed by atoms with E-state index in [0.717, 1.165) is 0 Å². The summed E-state index contributed by atoms with van der Waals surface area (Å²) in [7, 11) is -4.02. The molecule has 0 bridgehead atoms. The average Bonchev–Trinajstić information content (AvgIpc) is 2.04. The van der Waals surface area contributed by atoms with Gasteiger partial charge in [0.15, 0.2) is 0 Å².